The van der Waals surface area contributed by atoms with E-state index in [1.54, 1.807) is 0 Å². The second kappa shape index (κ2) is 6.30. The molecule has 116 valence electrons. The van der Waals surface area contributed by atoms with E-state index in [4.69, 9.17) is 5.73 Å². The topological polar surface area (TPSA) is 60.0 Å². The highest BCUT2D eigenvalue weighted by atomic mass is 35.5. The van der Waals surface area contributed by atoms with Crippen LogP contribution in [-0.4, -0.2) is 38.8 Å². The van der Waals surface area contributed by atoms with Crippen LogP contribution in [0.15, 0.2) is 18.5 Å². The van der Waals surface area contributed by atoms with Crippen LogP contribution in [0, 0.1) is 5.92 Å². The molecule has 0 amide bonds. The van der Waals surface area contributed by atoms with Crippen LogP contribution in [0.2, 0.25) is 0 Å². The van der Waals surface area contributed by atoms with Crippen molar-refractivity contribution in [2.75, 3.05) is 13.1 Å². The van der Waals surface area contributed by atoms with Crippen LogP contribution < -0.4 is 5.73 Å². The number of rotatable bonds is 3. The fourth-order valence-electron chi connectivity index (χ4n) is 2.93. The third kappa shape index (κ3) is 3.20. The van der Waals surface area contributed by atoms with Crippen LogP contribution in [0.5, 0.6) is 0 Å². The van der Waals surface area contributed by atoms with Crippen molar-refractivity contribution in [2.45, 2.75) is 39.4 Å². The van der Waals surface area contributed by atoms with Gasteiger partial charge in [0.05, 0.1) is 6.20 Å². The van der Waals surface area contributed by atoms with Crippen LogP contribution in [0.1, 0.15) is 32.4 Å². The van der Waals surface area contributed by atoms with E-state index >= 15 is 0 Å². The smallest absolute Gasteiger partial charge is 0.157 e. The molecule has 2 unspecified atom stereocenters. The normalized spacial score (nSPS) is 22.9. The van der Waals surface area contributed by atoms with Gasteiger partial charge in [-0.1, -0.05) is 6.92 Å². The van der Waals surface area contributed by atoms with Crippen LogP contribution in [-0.2, 0) is 6.54 Å². The van der Waals surface area contributed by atoms with Crippen molar-refractivity contribution in [3.63, 3.8) is 0 Å². The Kier molecular flexibility index (Phi) is 4.86. The Balaban J connectivity index is 0.00000161. The average Bonchev–Trinajstić information content (AvgIpc) is 2.93. The summed E-state index contributed by atoms with van der Waals surface area (Å²) in [6.45, 7) is 9.44. The molecule has 0 aliphatic carbocycles. The molecule has 1 saturated heterocycles. The van der Waals surface area contributed by atoms with E-state index in [1.165, 1.54) is 5.56 Å². The number of hydrogen-bond acceptors (Lipinski definition) is 4. The zero-order valence-electron chi connectivity index (χ0n) is 12.9. The van der Waals surface area contributed by atoms with E-state index in [0.717, 1.165) is 30.7 Å². The summed E-state index contributed by atoms with van der Waals surface area (Å²) in [5, 5.41) is 5.53. The maximum absolute atomic E-state index is 6.08. The van der Waals surface area contributed by atoms with E-state index in [0.29, 0.717) is 18.0 Å². The highest BCUT2D eigenvalue weighted by Crippen LogP contribution is 2.20. The molecule has 3 heterocycles. The Bertz CT molecular complexity index is 599. The fourth-order valence-corrected chi connectivity index (χ4v) is 2.93. The zero-order chi connectivity index (χ0) is 14.3. The first-order valence-corrected chi connectivity index (χ1v) is 7.34. The molecule has 0 bridgehead atoms. The van der Waals surface area contributed by atoms with Gasteiger partial charge in [0.2, 0.25) is 0 Å². The Hall–Kier alpha value is -1.17. The van der Waals surface area contributed by atoms with Crippen molar-refractivity contribution >= 4 is 23.4 Å². The molecule has 6 heteroatoms. The van der Waals surface area contributed by atoms with E-state index in [-0.39, 0.29) is 12.4 Å². The molecule has 2 N–H and O–H groups in total. The van der Waals surface area contributed by atoms with Crippen molar-refractivity contribution in [3.8, 4) is 0 Å². The molecule has 1 aliphatic heterocycles. The maximum Gasteiger partial charge on any atom is 0.157 e. The van der Waals surface area contributed by atoms with E-state index < -0.39 is 0 Å². The van der Waals surface area contributed by atoms with Gasteiger partial charge >= 0.3 is 0 Å². The number of halogens is 1. The molecule has 0 saturated carbocycles. The molecular weight excluding hydrogens is 286 g/mol. The molecule has 5 nitrogen and oxygen atoms in total. The van der Waals surface area contributed by atoms with Crippen LogP contribution in [0.4, 0.5) is 0 Å². The highest BCUT2D eigenvalue weighted by molar-refractivity contribution is 5.85. The van der Waals surface area contributed by atoms with Gasteiger partial charge in [-0.2, -0.15) is 5.10 Å². The molecule has 21 heavy (non-hydrogen) atoms. The number of aromatic nitrogens is 3. The Morgan fingerprint density at radius 2 is 2.10 bits per heavy atom. The first kappa shape index (κ1) is 16.2. The van der Waals surface area contributed by atoms with Crippen molar-refractivity contribution < 1.29 is 0 Å². The van der Waals surface area contributed by atoms with Crippen LogP contribution in [0.25, 0.3) is 11.0 Å². The van der Waals surface area contributed by atoms with Crippen molar-refractivity contribution in [3.05, 3.63) is 24.0 Å². The number of nitrogens with two attached hydrogens (primary N) is 1. The Labute approximate surface area is 131 Å². The lowest BCUT2D eigenvalue weighted by Gasteiger charge is -2.15. The van der Waals surface area contributed by atoms with Gasteiger partial charge in [0.1, 0.15) is 0 Å². The Morgan fingerprint density at radius 3 is 2.71 bits per heavy atom. The predicted octanol–water partition coefficient (Wildman–Crippen LogP) is 2.21. The van der Waals surface area contributed by atoms with Crippen molar-refractivity contribution in [1.82, 2.24) is 19.7 Å². The number of pyridine rings is 1. The summed E-state index contributed by atoms with van der Waals surface area (Å²) in [7, 11) is 0. The van der Waals surface area contributed by atoms with Crippen molar-refractivity contribution in [1.29, 1.82) is 0 Å². The van der Waals surface area contributed by atoms with Crippen LogP contribution >= 0.6 is 12.4 Å². The van der Waals surface area contributed by atoms with Gasteiger partial charge in [0, 0.05) is 43.3 Å². The molecule has 0 radical (unpaired) electrons. The van der Waals surface area contributed by atoms with Gasteiger partial charge < -0.3 is 5.73 Å². The predicted molar refractivity (Wildman–Crippen MR) is 87.6 cm³/mol. The molecule has 2 aromatic heterocycles. The number of hydrogen-bond donors (Lipinski definition) is 1. The summed E-state index contributed by atoms with van der Waals surface area (Å²) < 4.78 is 1.97. The largest absolute Gasteiger partial charge is 0.326 e. The highest BCUT2D eigenvalue weighted by Gasteiger charge is 2.26. The van der Waals surface area contributed by atoms with Gasteiger partial charge in [-0.15, -0.1) is 12.4 Å². The molecule has 1 fully saturated rings. The molecule has 3 rings (SSSR count). The minimum absolute atomic E-state index is 0. The lowest BCUT2D eigenvalue weighted by molar-refractivity contribution is 0.318. The Morgan fingerprint density at radius 1 is 1.33 bits per heavy atom. The van der Waals surface area contributed by atoms with Gasteiger partial charge in [-0.25, -0.2) is 9.67 Å². The third-order valence-corrected chi connectivity index (χ3v) is 4.13. The maximum atomic E-state index is 6.08. The molecule has 2 aromatic rings. The lowest BCUT2D eigenvalue weighted by Crippen LogP contribution is -2.28. The van der Waals surface area contributed by atoms with Gasteiger partial charge in [0.15, 0.2) is 5.65 Å². The summed E-state index contributed by atoms with van der Waals surface area (Å²) in [5.41, 5.74) is 8.28. The van der Waals surface area contributed by atoms with E-state index in [2.05, 4.69) is 41.8 Å². The summed E-state index contributed by atoms with van der Waals surface area (Å²) in [6, 6.07) is 2.83. The SMILES string of the molecule is CC1CN(Cc2cnc3c(cnn3C(C)C)c2)CC1N.Cl. The first-order chi connectivity index (χ1) is 9.54. The summed E-state index contributed by atoms with van der Waals surface area (Å²) >= 11 is 0. The quantitative estimate of drug-likeness (QED) is 0.944. The second-order valence-electron chi connectivity index (χ2n) is 6.27. The van der Waals surface area contributed by atoms with Gasteiger partial charge in [-0.05, 0) is 31.4 Å². The van der Waals surface area contributed by atoms with E-state index in [1.807, 2.05) is 17.1 Å². The van der Waals surface area contributed by atoms with Crippen molar-refractivity contribution in [2.24, 2.45) is 11.7 Å². The number of fused-ring (bicyclic) bond motifs is 1. The number of likely N-dealkylation sites (tertiary alicyclic amines) is 1. The standard InChI is InChI=1S/C15H23N5.ClH/c1-10(2)20-15-13(6-18-20)4-12(5-17-15)8-19-7-11(3)14(16)9-19;/h4-6,10-11,14H,7-9,16H2,1-3H3;1H. The summed E-state index contributed by atoms with van der Waals surface area (Å²) in [4.78, 5) is 6.99. The second-order valence-corrected chi connectivity index (χ2v) is 6.27. The molecular formula is C15H24ClN5. The van der Waals surface area contributed by atoms with E-state index in [9.17, 15) is 0 Å². The third-order valence-electron chi connectivity index (χ3n) is 4.13. The van der Waals surface area contributed by atoms with Crippen LogP contribution in [0.3, 0.4) is 0 Å². The first-order valence-electron chi connectivity index (χ1n) is 7.34. The molecule has 1 aliphatic rings. The van der Waals surface area contributed by atoms with Gasteiger partial charge in [-0.3, -0.25) is 4.90 Å². The molecule has 0 spiro atoms. The zero-order valence-corrected chi connectivity index (χ0v) is 13.7. The molecule has 2 atom stereocenters. The fraction of sp³-hybridized carbons (Fsp3) is 0.600. The minimum atomic E-state index is 0. The van der Waals surface area contributed by atoms with Gasteiger partial charge in [0.25, 0.3) is 0 Å². The summed E-state index contributed by atoms with van der Waals surface area (Å²) in [6.07, 6.45) is 3.88. The monoisotopic (exact) mass is 309 g/mol. The summed E-state index contributed by atoms with van der Waals surface area (Å²) in [5.74, 6) is 0.579. The lowest BCUT2D eigenvalue weighted by atomic mass is 10.1. The average molecular weight is 310 g/mol. The molecule has 0 aromatic carbocycles. The number of nitrogens with zero attached hydrogens (tertiary/aromatic N) is 4. The minimum Gasteiger partial charge on any atom is -0.326 e.